The van der Waals surface area contributed by atoms with E-state index in [1.54, 1.807) is 7.11 Å². The minimum atomic E-state index is 0.0394. The third-order valence-corrected chi connectivity index (χ3v) is 3.46. The minimum absolute atomic E-state index is 0.0394. The molecule has 1 aromatic rings. The summed E-state index contributed by atoms with van der Waals surface area (Å²) in [5, 5.41) is 9.31. The normalized spacial score (nSPS) is 18.0. The molecule has 0 N–H and O–H groups in total. The summed E-state index contributed by atoms with van der Waals surface area (Å²) < 4.78 is 5.20. The van der Waals surface area contributed by atoms with Crippen LogP contribution in [0.15, 0.2) is 24.3 Å². The zero-order valence-corrected chi connectivity index (χ0v) is 9.65. The number of nitriles is 1. The van der Waals surface area contributed by atoms with Gasteiger partial charge < -0.3 is 4.74 Å². The van der Waals surface area contributed by atoms with Gasteiger partial charge in [0.25, 0.3) is 0 Å². The highest BCUT2D eigenvalue weighted by Crippen LogP contribution is 2.37. The molecule has 2 rings (SSSR count). The van der Waals surface area contributed by atoms with Crippen LogP contribution in [0.3, 0.4) is 0 Å². The third kappa shape index (κ3) is 2.19. The lowest BCUT2D eigenvalue weighted by Crippen LogP contribution is -2.07. The number of hydrogen-bond acceptors (Lipinski definition) is 2. The Labute approximate surface area is 96.9 Å². The molecule has 1 atom stereocenters. The highest BCUT2D eigenvalue weighted by Gasteiger charge is 2.26. The first-order chi connectivity index (χ1) is 7.85. The molecule has 2 nitrogen and oxygen atoms in total. The van der Waals surface area contributed by atoms with Crippen molar-refractivity contribution in [3.63, 3.8) is 0 Å². The van der Waals surface area contributed by atoms with Crippen LogP contribution in [-0.4, -0.2) is 7.11 Å². The van der Waals surface area contributed by atoms with Crippen molar-refractivity contribution in [1.29, 1.82) is 5.26 Å². The fraction of sp³-hybridized carbons (Fsp3) is 0.500. The molecule has 0 bridgehead atoms. The van der Waals surface area contributed by atoms with Gasteiger partial charge >= 0.3 is 0 Å². The predicted octanol–water partition coefficient (Wildman–Crippen LogP) is 3.49. The predicted molar refractivity (Wildman–Crippen MR) is 63.3 cm³/mol. The van der Waals surface area contributed by atoms with Gasteiger partial charge in [0.2, 0.25) is 0 Å². The molecule has 1 fully saturated rings. The Morgan fingerprint density at radius 1 is 1.38 bits per heavy atom. The summed E-state index contributed by atoms with van der Waals surface area (Å²) in [6, 6.07) is 10.4. The van der Waals surface area contributed by atoms with E-state index in [4.69, 9.17) is 4.74 Å². The van der Waals surface area contributed by atoms with Crippen LogP contribution in [0.4, 0.5) is 0 Å². The maximum atomic E-state index is 9.31. The Kier molecular flexibility index (Phi) is 3.46. The van der Waals surface area contributed by atoms with E-state index in [0.717, 1.165) is 11.3 Å². The number of ether oxygens (including phenoxy) is 1. The second-order valence-corrected chi connectivity index (χ2v) is 4.43. The quantitative estimate of drug-likeness (QED) is 0.773. The van der Waals surface area contributed by atoms with E-state index >= 15 is 0 Å². The molecular weight excluding hydrogens is 198 g/mol. The van der Waals surface area contributed by atoms with Gasteiger partial charge in [-0.1, -0.05) is 25.0 Å². The molecule has 0 spiro atoms. The molecule has 1 aliphatic rings. The van der Waals surface area contributed by atoms with Crippen molar-refractivity contribution in [2.24, 2.45) is 5.92 Å². The average Bonchev–Trinajstić information content (AvgIpc) is 2.84. The van der Waals surface area contributed by atoms with Gasteiger partial charge in [0.15, 0.2) is 0 Å². The molecular formula is C14H17NO. The lowest BCUT2D eigenvalue weighted by atomic mass is 9.86. The van der Waals surface area contributed by atoms with Crippen LogP contribution in [0.2, 0.25) is 0 Å². The van der Waals surface area contributed by atoms with E-state index < -0.39 is 0 Å². The molecule has 16 heavy (non-hydrogen) atoms. The fourth-order valence-electron chi connectivity index (χ4n) is 2.58. The smallest absolute Gasteiger partial charge is 0.119 e. The fourth-order valence-corrected chi connectivity index (χ4v) is 2.58. The summed E-state index contributed by atoms with van der Waals surface area (Å²) in [6.45, 7) is 0. The molecule has 0 aromatic heterocycles. The Morgan fingerprint density at radius 3 is 2.75 bits per heavy atom. The third-order valence-electron chi connectivity index (χ3n) is 3.46. The van der Waals surface area contributed by atoms with Crippen LogP contribution < -0.4 is 4.74 Å². The maximum Gasteiger partial charge on any atom is 0.119 e. The van der Waals surface area contributed by atoms with E-state index in [2.05, 4.69) is 6.07 Å². The zero-order valence-electron chi connectivity index (χ0n) is 9.65. The summed E-state index contributed by atoms with van der Waals surface area (Å²) in [7, 11) is 1.66. The van der Waals surface area contributed by atoms with Crippen LogP contribution >= 0.6 is 0 Å². The van der Waals surface area contributed by atoms with Crippen molar-refractivity contribution in [2.45, 2.75) is 31.6 Å². The van der Waals surface area contributed by atoms with E-state index in [-0.39, 0.29) is 5.92 Å². The maximum absolute atomic E-state index is 9.31. The molecule has 0 radical (unpaired) electrons. The first kappa shape index (κ1) is 11.0. The monoisotopic (exact) mass is 215 g/mol. The SMILES string of the molecule is COc1cccc(C(C#N)C2CCCC2)c1. The molecule has 1 aliphatic carbocycles. The highest BCUT2D eigenvalue weighted by molar-refractivity contribution is 5.34. The summed E-state index contributed by atoms with van der Waals surface area (Å²) in [5.74, 6) is 1.42. The van der Waals surface area contributed by atoms with Crippen LogP contribution in [-0.2, 0) is 0 Å². The summed E-state index contributed by atoms with van der Waals surface area (Å²) in [6.07, 6.45) is 4.92. The molecule has 2 heteroatoms. The number of hydrogen-bond donors (Lipinski definition) is 0. The molecule has 0 saturated heterocycles. The second-order valence-electron chi connectivity index (χ2n) is 4.43. The van der Waals surface area contributed by atoms with Crippen molar-refractivity contribution in [3.8, 4) is 11.8 Å². The molecule has 0 amide bonds. The zero-order chi connectivity index (χ0) is 11.4. The number of nitrogens with zero attached hydrogens (tertiary/aromatic N) is 1. The van der Waals surface area contributed by atoms with E-state index in [0.29, 0.717) is 5.92 Å². The highest BCUT2D eigenvalue weighted by atomic mass is 16.5. The number of rotatable bonds is 3. The van der Waals surface area contributed by atoms with Gasteiger partial charge in [-0.15, -0.1) is 0 Å². The molecule has 1 aromatic carbocycles. The molecule has 0 heterocycles. The van der Waals surface area contributed by atoms with Gasteiger partial charge in [0.05, 0.1) is 19.1 Å². The Hall–Kier alpha value is -1.49. The molecule has 84 valence electrons. The van der Waals surface area contributed by atoms with Crippen molar-refractivity contribution >= 4 is 0 Å². The lowest BCUT2D eigenvalue weighted by Gasteiger charge is -2.17. The first-order valence-corrected chi connectivity index (χ1v) is 5.88. The van der Waals surface area contributed by atoms with Crippen LogP contribution in [0.25, 0.3) is 0 Å². The molecule has 1 unspecified atom stereocenters. The van der Waals surface area contributed by atoms with Gasteiger partial charge in [0.1, 0.15) is 5.75 Å². The molecule has 1 saturated carbocycles. The minimum Gasteiger partial charge on any atom is -0.497 e. The summed E-state index contributed by atoms with van der Waals surface area (Å²) in [5.41, 5.74) is 1.11. The van der Waals surface area contributed by atoms with Gasteiger partial charge in [-0.05, 0) is 36.5 Å². The topological polar surface area (TPSA) is 33.0 Å². The van der Waals surface area contributed by atoms with Gasteiger partial charge in [-0.3, -0.25) is 0 Å². The van der Waals surface area contributed by atoms with Crippen molar-refractivity contribution in [2.75, 3.05) is 7.11 Å². The van der Waals surface area contributed by atoms with E-state index in [1.165, 1.54) is 25.7 Å². The Balaban J connectivity index is 2.22. The largest absolute Gasteiger partial charge is 0.497 e. The Bertz CT molecular complexity index is 388. The van der Waals surface area contributed by atoms with Crippen LogP contribution in [0.5, 0.6) is 5.75 Å². The summed E-state index contributed by atoms with van der Waals surface area (Å²) >= 11 is 0. The van der Waals surface area contributed by atoms with Gasteiger partial charge in [-0.25, -0.2) is 0 Å². The van der Waals surface area contributed by atoms with Crippen molar-refractivity contribution in [1.82, 2.24) is 0 Å². The number of benzene rings is 1. The van der Waals surface area contributed by atoms with Gasteiger partial charge in [0, 0.05) is 0 Å². The second kappa shape index (κ2) is 5.03. The number of methoxy groups -OCH3 is 1. The first-order valence-electron chi connectivity index (χ1n) is 5.88. The average molecular weight is 215 g/mol. The van der Waals surface area contributed by atoms with Crippen molar-refractivity contribution in [3.05, 3.63) is 29.8 Å². The van der Waals surface area contributed by atoms with Gasteiger partial charge in [-0.2, -0.15) is 5.26 Å². The van der Waals surface area contributed by atoms with Crippen molar-refractivity contribution < 1.29 is 4.74 Å². The van der Waals surface area contributed by atoms with Crippen LogP contribution in [0.1, 0.15) is 37.2 Å². The van der Waals surface area contributed by atoms with E-state index in [1.807, 2.05) is 24.3 Å². The van der Waals surface area contributed by atoms with Crippen LogP contribution in [0, 0.1) is 17.2 Å². The lowest BCUT2D eigenvalue weighted by molar-refractivity contribution is 0.413. The standard InChI is InChI=1S/C14H17NO/c1-16-13-8-4-7-12(9-13)14(10-15)11-5-2-3-6-11/h4,7-9,11,14H,2-3,5-6H2,1H3. The Morgan fingerprint density at radius 2 is 2.12 bits per heavy atom. The molecule has 0 aliphatic heterocycles. The summed E-state index contributed by atoms with van der Waals surface area (Å²) in [4.78, 5) is 0. The van der Waals surface area contributed by atoms with E-state index in [9.17, 15) is 5.26 Å².